The Labute approximate surface area is 108 Å². The molecular weight excluding hydrogens is 220 g/mol. The second-order valence-electron chi connectivity index (χ2n) is 5.22. The molecule has 1 fully saturated rings. The molecule has 0 aromatic heterocycles. The Morgan fingerprint density at radius 2 is 1.72 bits per heavy atom. The number of carbonyl (C=O) groups excluding carboxylic acids is 1. The molecule has 0 radical (unpaired) electrons. The van der Waals surface area contributed by atoms with Crippen molar-refractivity contribution in [3.05, 3.63) is 48.0 Å². The van der Waals surface area contributed by atoms with E-state index in [0.29, 0.717) is 5.78 Å². The fourth-order valence-corrected chi connectivity index (χ4v) is 2.94. The van der Waals surface area contributed by atoms with E-state index < -0.39 is 0 Å². The predicted octanol–water partition coefficient (Wildman–Crippen LogP) is 4.46. The summed E-state index contributed by atoms with van der Waals surface area (Å²) in [5.74, 6) is 0.569. The van der Waals surface area contributed by atoms with Crippen molar-refractivity contribution in [1.82, 2.24) is 0 Å². The topological polar surface area (TPSA) is 17.1 Å². The van der Waals surface area contributed by atoms with Gasteiger partial charge in [-0.05, 0) is 29.2 Å². The number of hydrogen-bond acceptors (Lipinski definition) is 1. The largest absolute Gasteiger partial charge is 0.299 e. The molecule has 92 valence electrons. The van der Waals surface area contributed by atoms with Crippen LogP contribution in [0.4, 0.5) is 0 Å². The van der Waals surface area contributed by atoms with Gasteiger partial charge in [0.05, 0.1) is 0 Å². The Kier molecular flexibility index (Phi) is 3.14. The number of rotatable bonds is 1. The number of fused-ring (bicyclic) bond motifs is 1. The predicted molar refractivity (Wildman–Crippen MR) is 74.8 cm³/mol. The molecule has 0 spiro atoms. The first-order valence-electron chi connectivity index (χ1n) is 6.86. The van der Waals surface area contributed by atoms with Crippen LogP contribution in [0.15, 0.2) is 42.5 Å². The molecule has 0 saturated heterocycles. The second-order valence-corrected chi connectivity index (χ2v) is 5.22. The van der Waals surface area contributed by atoms with Crippen molar-refractivity contribution in [1.29, 1.82) is 0 Å². The van der Waals surface area contributed by atoms with Crippen LogP contribution in [0.3, 0.4) is 0 Å². The minimum absolute atomic E-state index is 0.136. The van der Waals surface area contributed by atoms with Gasteiger partial charge >= 0.3 is 0 Å². The highest BCUT2D eigenvalue weighted by molar-refractivity contribution is 5.89. The van der Waals surface area contributed by atoms with E-state index in [9.17, 15) is 4.79 Å². The molecule has 3 rings (SSSR count). The number of Topliss-reactive ketones (excluding diaryl/α,β-unsaturated/α-hetero) is 1. The van der Waals surface area contributed by atoms with Gasteiger partial charge < -0.3 is 0 Å². The third-order valence-electron chi connectivity index (χ3n) is 3.98. The molecule has 0 N–H and O–H groups in total. The van der Waals surface area contributed by atoms with Crippen LogP contribution in [0.5, 0.6) is 0 Å². The molecule has 0 heterocycles. The Morgan fingerprint density at radius 3 is 2.61 bits per heavy atom. The summed E-state index contributed by atoms with van der Waals surface area (Å²) >= 11 is 0. The van der Waals surface area contributed by atoms with E-state index in [1.54, 1.807) is 0 Å². The summed E-state index contributed by atoms with van der Waals surface area (Å²) in [6.45, 7) is 0. The van der Waals surface area contributed by atoms with Crippen LogP contribution in [-0.4, -0.2) is 5.78 Å². The highest BCUT2D eigenvalue weighted by Crippen LogP contribution is 2.30. The molecule has 2 aromatic rings. The lowest BCUT2D eigenvalue weighted by Gasteiger charge is -2.14. The van der Waals surface area contributed by atoms with Crippen LogP contribution in [0.2, 0.25) is 0 Å². The average Bonchev–Trinajstić information content (AvgIpc) is 2.63. The Bertz CT molecular complexity index is 571. The summed E-state index contributed by atoms with van der Waals surface area (Å²) in [6, 6.07) is 14.8. The van der Waals surface area contributed by atoms with Crippen molar-refractivity contribution in [2.75, 3.05) is 0 Å². The van der Waals surface area contributed by atoms with Crippen LogP contribution in [-0.2, 0) is 4.79 Å². The van der Waals surface area contributed by atoms with Gasteiger partial charge in [0.25, 0.3) is 0 Å². The van der Waals surface area contributed by atoms with E-state index in [1.807, 2.05) is 0 Å². The highest BCUT2D eigenvalue weighted by atomic mass is 16.1. The lowest BCUT2D eigenvalue weighted by atomic mass is 9.89. The molecule has 1 aliphatic rings. The SMILES string of the molecule is O=C1CCCCCC1c1ccc2ccccc2c1. The number of hydrogen-bond donors (Lipinski definition) is 0. The monoisotopic (exact) mass is 238 g/mol. The fraction of sp³-hybridized carbons (Fsp3) is 0.353. The lowest BCUT2D eigenvalue weighted by molar-refractivity contribution is -0.120. The van der Waals surface area contributed by atoms with Crippen LogP contribution in [0.25, 0.3) is 10.8 Å². The Balaban J connectivity index is 1.99. The van der Waals surface area contributed by atoms with Crippen molar-refractivity contribution in [3.63, 3.8) is 0 Å². The van der Waals surface area contributed by atoms with E-state index >= 15 is 0 Å². The van der Waals surface area contributed by atoms with E-state index in [1.165, 1.54) is 29.2 Å². The summed E-state index contributed by atoms with van der Waals surface area (Å²) in [4.78, 5) is 12.2. The maximum Gasteiger partial charge on any atom is 0.140 e. The van der Waals surface area contributed by atoms with Gasteiger partial charge in [-0.3, -0.25) is 4.79 Å². The van der Waals surface area contributed by atoms with Gasteiger partial charge in [-0.2, -0.15) is 0 Å². The van der Waals surface area contributed by atoms with Gasteiger partial charge in [-0.15, -0.1) is 0 Å². The summed E-state index contributed by atoms with van der Waals surface area (Å²) in [5, 5.41) is 2.49. The molecule has 0 bridgehead atoms. The van der Waals surface area contributed by atoms with Gasteiger partial charge in [0.2, 0.25) is 0 Å². The molecule has 1 nitrogen and oxygen atoms in total. The first-order chi connectivity index (χ1) is 8.84. The third-order valence-corrected chi connectivity index (χ3v) is 3.98. The van der Waals surface area contributed by atoms with Gasteiger partial charge in [0.1, 0.15) is 5.78 Å². The maximum atomic E-state index is 12.2. The molecule has 0 amide bonds. The quantitative estimate of drug-likeness (QED) is 0.670. The first-order valence-corrected chi connectivity index (χ1v) is 6.86. The van der Waals surface area contributed by atoms with Gasteiger partial charge in [0.15, 0.2) is 0 Å². The minimum atomic E-state index is 0.136. The molecule has 18 heavy (non-hydrogen) atoms. The van der Waals surface area contributed by atoms with Crippen LogP contribution >= 0.6 is 0 Å². The zero-order valence-corrected chi connectivity index (χ0v) is 10.6. The normalized spacial score (nSPS) is 20.9. The summed E-state index contributed by atoms with van der Waals surface area (Å²) in [7, 11) is 0. The van der Waals surface area contributed by atoms with E-state index in [4.69, 9.17) is 0 Å². The van der Waals surface area contributed by atoms with Gasteiger partial charge in [-0.25, -0.2) is 0 Å². The Morgan fingerprint density at radius 1 is 0.889 bits per heavy atom. The molecule has 1 saturated carbocycles. The Hall–Kier alpha value is -1.63. The van der Waals surface area contributed by atoms with Crippen molar-refractivity contribution >= 4 is 16.6 Å². The number of benzene rings is 2. The van der Waals surface area contributed by atoms with Gasteiger partial charge in [0, 0.05) is 12.3 Å². The maximum absolute atomic E-state index is 12.2. The van der Waals surface area contributed by atoms with Crippen LogP contribution in [0, 0.1) is 0 Å². The van der Waals surface area contributed by atoms with Crippen molar-refractivity contribution in [2.45, 2.75) is 38.0 Å². The average molecular weight is 238 g/mol. The van der Waals surface area contributed by atoms with Crippen molar-refractivity contribution in [2.24, 2.45) is 0 Å². The van der Waals surface area contributed by atoms with Crippen LogP contribution < -0.4 is 0 Å². The van der Waals surface area contributed by atoms with Gasteiger partial charge in [-0.1, -0.05) is 55.3 Å². The molecule has 0 aliphatic heterocycles. The first kappa shape index (κ1) is 11.5. The second kappa shape index (κ2) is 4.93. The van der Waals surface area contributed by atoms with Crippen molar-refractivity contribution < 1.29 is 4.79 Å². The fourth-order valence-electron chi connectivity index (χ4n) is 2.94. The molecule has 2 aromatic carbocycles. The minimum Gasteiger partial charge on any atom is -0.299 e. The summed E-state index contributed by atoms with van der Waals surface area (Å²) in [6.07, 6.45) is 5.25. The molecule has 1 aliphatic carbocycles. The third kappa shape index (κ3) is 2.17. The smallest absolute Gasteiger partial charge is 0.140 e. The summed E-state index contributed by atoms with van der Waals surface area (Å²) in [5.41, 5.74) is 1.21. The standard InChI is InChI=1S/C17H18O/c18-17-9-3-1-2-8-16(17)15-11-10-13-6-4-5-7-14(13)12-15/h4-7,10-12,16H,1-3,8-9H2. The summed E-state index contributed by atoms with van der Waals surface area (Å²) < 4.78 is 0. The van der Waals surface area contributed by atoms with Crippen LogP contribution in [0.1, 0.15) is 43.6 Å². The zero-order chi connectivity index (χ0) is 12.4. The van der Waals surface area contributed by atoms with E-state index in [0.717, 1.165) is 19.3 Å². The van der Waals surface area contributed by atoms with E-state index in [-0.39, 0.29) is 5.92 Å². The molecule has 1 heteroatoms. The number of ketones is 1. The van der Waals surface area contributed by atoms with E-state index in [2.05, 4.69) is 42.5 Å². The zero-order valence-electron chi connectivity index (χ0n) is 10.6. The molecular formula is C17H18O. The number of carbonyl (C=O) groups is 1. The lowest BCUT2D eigenvalue weighted by Crippen LogP contribution is -2.10. The van der Waals surface area contributed by atoms with Crippen molar-refractivity contribution in [3.8, 4) is 0 Å². The molecule has 1 atom stereocenters. The molecule has 1 unspecified atom stereocenters. The highest BCUT2D eigenvalue weighted by Gasteiger charge is 2.22.